The Morgan fingerprint density at radius 1 is 0.727 bits per heavy atom. The number of guanidine groups is 1. The van der Waals surface area contributed by atoms with E-state index in [2.05, 4.69) is 4.99 Å². The zero-order valence-corrected chi connectivity index (χ0v) is 29.4. The van der Waals surface area contributed by atoms with Crippen LogP contribution in [0.4, 0.5) is 0 Å². The predicted molar refractivity (Wildman–Crippen MR) is 177 cm³/mol. The fourth-order valence-electron chi connectivity index (χ4n) is 4.80. The molecule has 2 heterocycles. The number of nitrogens with zero attached hydrogens (tertiary/aromatic N) is 1. The van der Waals surface area contributed by atoms with E-state index in [1.165, 1.54) is 0 Å². The molecule has 0 unspecified atom stereocenters. The molecule has 0 saturated carbocycles. The Kier molecular flexibility index (Phi) is 22.4. The molecule has 2 aliphatic rings. The van der Waals surface area contributed by atoms with Gasteiger partial charge in [0.05, 0.1) is 19.8 Å². The number of carboxylic acid groups (broad SMARTS) is 1. The number of carbonyl (C=O) groups is 3. The first-order valence-corrected chi connectivity index (χ1v) is 16.8. The van der Waals surface area contributed by atoms with Gasteiger partial charge in [-0.2, -0.15) is 0 Å². The lowest BCUT2D eigenvalue weighted by atomic mass is 9.98. The fraction of sp³-hybridized carbons (Fsp3) is 0.862. The van der Waals surface area contributed by atoms with Crippen molar-refractivity contribution in [3.8, 4) is 0 Å². The number of hydrogen-bond acceptors (Lipinski definition) is 23. The van der Waals surface area contributed by atoms with Crippen molar-refractivity contribution in [3.05, 3.63) is 0 Å². The van der Waals surface area contributed by atoms with E-state index in [9.17, 15) is 65.4 Å². The van der Waals surface area contributed by atoms with Gasteiger partial charge in [0, 0.05) is 13.0 Å². The van der Waals surface area contributed by atoms with Crippen LogP contribution in [0.1, 0.15) is 25.7 Å². The molecule has 55 heavy (non-hydrogen) atoms. The lowest BCUT2D eigenvalue weighted by Gasteiger charge is -2.45. The Labute approximate surface area is 313 Å². The van der Waals surface area contributed by atoms with Crippen molar-refractivity contribution in [2.45, 2.75) is 124 Å². The van der Waals surface area contributed by atoms with Gasteiger partial charge < -0.3 is 113 Å². The summed E-state index contributed by atoms with van der Waals surface area (Å²) in [5, 5.41) is 124. The van der Waals surface area contributed by atoms with Gasteiger partial charge in [-0.25, -0.2) is 0 Å². The summed E-state index contributed by atoms with van der Waals surface area (Å²) >= 11 is 0. The molecule has 26 nitrogen and oxygen atoms in total. The maximum Gasteiger partial charge on any atom is 0.323 e. The van der Waals surface area contributed by atoms with Crippen LogP contribution in [0.15, 0.2) is 4.99 Å². The number of hydrogen-bond donors (Lipinski definition) is 17. The third kappa shape index (κ3) is 15.8. The molecule has 2 rings (SSSR count). The van der Waals surface area contributed by atoms with E-state index in [1.807, 2.05) is 0 Å². The van der Waals surface area contributed by atoms with E-state index in [-0.39, 0.29) is 18.8 Å². The molecule has 0 aliphatic carbocycles. The van der Waals surface area contributed by atoms with Crippen molar-refractivity contribution in [1.82, 2.24) is 0 Å². The summed E-state index contributed by atoms with van der Waals surface area (Å²) in [6, 6.07) is -2.29. The van der Waals surface area contributed by atoms with E-state index in [0.717, 1.165) is 0 Å². The third-order valence-corrected chi connectivity index (χ3v) is 8.17. The number of aliphatic hydroxyl groups is 12. The van der Waals surface area contributed by atoms with Crippen molar-refractivity contribution in [2.75, 3.05) is 33.0 Å². The first kappa shape index (κ1) is 50.0. The lowest BCUT2D eigenvalue weighted by molar-refractivity contribution is -0.376. The Balaban J connectivity index is 0.000000584. The second-order valence-corrected chi connectivity index (χ2v) is 12.5. The molecule has 0 aromatic rings. The summed E-state index contributed by atoms with van der Waals surface area (Å²) in [5.41, 5.74) is 21.1. The highest BCUT2D eigenvalue weighted by Crippen LogP contribution is 2.29. The first-order valence-electron chi connectivity index (χ1n) is 16.8. The normalized spacial score (nSPS) is 31.3. The van der Waals surface area contributed by atoms with Gasteiger partial charge in [-0.05, 0) is 19.3 Å². The van der Waals surface area contributed by atoms with Gasteiger partial charge in [0.1, 0.15) is 85.8 Å². The van der Waals surface area contributed by atoms with Crippen LogP contribution in [0.3, 0.4) is 0 Å². The second kappa shape index (κ2) is 24.6. The number of aliphatic hydroxyl groups excluding tert-OH is 12. The molecule has 0 bridgehead atoms. The van der Waals surface area contributed by atoms with E-state index < -0.39 is 149 Å². The number of carbonyl (C=O) groups excluding carboxylic acids is 2. The number of esters is 2. The number of carboxylic acids is 1. The summed E-state index contributed by atoms with van der Waals surface area (Å²) in [7, 11) is 0. The molecular formula is C29H55N5O21. The van der Waals surface area contributed by atoms with Crippen LogP contribution in [-0.4, -0.2) is 221 Å². The Morgan fingerprint density at radius 2 is 1.27 bits per heavy atom. The van der Waals surface area contributed by atoms with Gasteiger partial charge in [0.2, 0.25) is 0 Å². The van der Waals surface area contributed by atoms with Gasteiger partial charge in [0.15, 0.2) is 24.6 Å². The standard InChI is InChI=1S/C17H29NO14.C12H26N4O7/c18-5(15(27)28)1-2-8(21)31-14-10(23)7(4-20)30-17(13(14)26)32-16-12(25)11(24)9(22)6(3-19)29-16;13-6(2-1-3-16-12(14)15)11(22)23-5-8(19)10(21)9(20)7(18)4-17/h5-7,9-14,16-17,19-20,22-26H,1-4,18H2,(H,27,28);6-10,17-21H,1-5,13H2,(H4,14,15,16)/t5-,6+,7+,9+,10+,11-,12+,13+,14-,16+,17+;6-,7+,8+,9+,10+/m00/s1. The molecule has 2 aliphatic heterocycles. The minimum absolute atomic E-state index is 0.0677. The van der Waals surface area contributed by atoms with Gasteiger partial charge in [-0.1, -0.05) is 0 Å². The lowest BCUT2D eigenvalue weighted by Crippen LogP contribution is -2.64. The zero-order valence-electron chi connectivity index (χ0n) is 29.4. The van der Waals surface area contributed by atoms with Crippen molar-refractivity contribution in [3.63, 3.8) is 0 Å². The van der Waals surface area contributed by atoms with Crippen LogP contribution in [0, 0.1) is 0 Å². The van der Waals surface area contributed by atoms with Crippen LogP contribution in [0.25, 0.3) is 0 Å². The summed E-state index contributed by atoms with van der Waals surface area (Å²) in [6.45, 7) is -2.66. The molecule has 16 atom stereocenters. The van der Waals surface area contributed by atoms with Gasteiger partial charge in [-0.15, -0.1) is 0 Å². The van der Waals surface area contributed by atoms with Crippen LogP contribution in [0.5, 0.6) is 0 Å². The zero-order chi connectivity index (χ0) is 42.2. The number of aliphatic carboxylic acids is 1. The maximum atomic E-state index is 12.0. The molecule has 0 amide bonds. The van der Waals surface area contributed by atoms with Gasteiger partial charge >= 0.3 is 17.9 Å². The maximum absolute atomic E-state index is 12.0. The Bertz CT molecular complexity index is 1190. The monoisotopic (exact) mass is 809 g/mol. The van der Waals surface area contributed by atoms with Crippen LogP contribution < -0.4 is 22.9 Å². The molecule has 26 heteroatoms. The van der Waals surface area contributed by atoms with Crippen molar-refractivity contribution < 1.29 is 104 Å². The average Bonchev–Trinajstić information content (AvgIpc) is 3.15. The number of ether oxygens (including phenoxy) is 5. The van der Waals surface area contributed by atoms with Gasteiger partial charge in [0.25, 0.3) is 0 Å². The van der Waals surface area contributed by atoms with Crippen molar-refractivity contribution in [2.24, 2.45) is 27.9 Å². The molecule has 21 N–H and O–H groups in total. The quantitative estimate of drug-likeness (QED) is 0.0235. The summed E-state index contributed by atoms with van der Waals surface area (Å²) in [4.78, 5) is 38.1. The number of aliphatic imine (C=N–C) groups is 1. The average molecular weight is 810 g/mol. The summed E-state index contributed by atoms with van der Waals surface area (Å²) < 4.78 is 25.4. The van der Waals surface area contributed by atoms with E-state index in [0.29, 0.717) is 13.0 Å². The largest absolute Gasteiger partial charge is 0.480 e. The Morgan fingerprint density at radius 3 is 1.80 bits per heavy atom. The highest BCUT2D eigenvalue weighted by molar-refractivity contribution is 5.76. The SMILES string of the molecule is NC(N)=NCCC[C@H](N)C(=O)OC[C@@H](O)[C@@H](O)[C@H](O)[C@H](O)CO.N[C@@H](CCC(=O)O[C@@H]1[C@@H](O)[C@@H](O[C@H]2O[C@H](CO)[C@@H](O)[C@H](O)[C@H]2O)O[C@H](CO)[C@H]1O)C(=O)O. The van der Waals surface area contributed by atoms with Crippen molar-refractivity contribution >= 4 is 23.9 Å². The minimum atomic E-state index is -1.88. The molecule has 0 radical (unpaired) electrons. The minimum Gasteiger partial charge on any atom is -0.480 e. The van der Waals surface area contributed by atoms with Gasteiger partial charge in [-0.3, -0.25) is 19.4 Å². The van der Waals surface area contributed by atoms with Crippen LogP contribution in [0.2, 0.25) is 0 Å². The molecule has 2 saturated heterocycles. The third-order valence-electron chi connectivity index (χ3n) is 8.17. The van der Waals surface area contributed by atoms with E-state index in [1.54, 1.807) is 0 Å². The van der Waals surface area contributed by atoms with E-state index >= 15 is 0 Å². The summed E-state index contributed by atoms with van der Waals surface area (Å²) in [6.07, 6.45) is -23.7. The molecule has 322 valence electrons. The number of nitrogens with two attached hydrogens (primary N) is 4. The fourth-order valence-corrected chi connectivity index (χ4v) is 4.80. The molecule has 0 aromatic carbocycles. The molecule has 2 fully saturated rings. The molecule has 0 spiro atoms. The van der Waals surface area contributed by atoms with Crippen molar-refractivity contribution in [1.29, 1.82) is 0 Å². The van der Waals surface area contributed by atoms with E-state index in [4.69, 9.17) is 61.9 Å². The number of rotatable bonds is 20. The first-order chi connectivity index (χ1) is 25.7. The molecule has 0 aromatic heterocycles. The second-order valence-electron chi connectivity index (χ2n) is 12.5. The highest BCUT2D eigenvalue weighted by atomic mass is 16.8. The summed E-state index contributed by atoms with van der Waals surface area (Å²) in [5.74, 6) is -3.22. The predicted octanol–water partition coefficient (Wildman–Crippen LogP) is -10.3. The molecular weight excluding hydrogens is 754 g/mol. The highest BCUT2D eigenvalue weighted by Gasteiger charge is 2.51. The Hall–Kier alpha value is -3.00. The van der Waals surface area contributed by atoms with Crippen LogP contribution in [-0.2, 0) is 38.1 Å². The smallest absolute Gasteiger partial charge is 0.323 e. The topological polar surface area (TPSA) is 477 Å². The van der Waals surface area contributed by atoms with Crippen LogP contribution >= 0.6 is 0 Å².